The van der Waals surface area contributed by atoms with Crippen molar-refractivity contribution in [3.63, 3.8) is 0 Å². The number of fused-ring (bicyclic) bond motifs is 1. The Bertz CT molecular complexity index is 598. The highest BCUT2D eigenvalue weighted by atomic mass is 35.5. The van der Waals surface area contributed by atoms with Gasteiger partial charge in [-0.1, -0.05) is 17.7 Å². The van der Waals surface area contributed by atoms with E-state index in [-0.39, 0.29) is 11.9 Å². The molecule has 0 radical (unpaired) electrons. The van der Waals surface area contributed by atoms with Crippen molar-refractivity contribution in [2.24, 2.45) is 0 Å². The molecule has 0 aliphatic carbocycles. The molecule has 0 unspecified atom stereocenters. The van der Waals surface area contributed by atoms with E-state index >= 15 is 0 Å². The number of hydrogen-bond acceptors (Lipinski definition) is 3. The Morgan fingerprint density at radius 3 is 2.94 bits per heavy atom. The third kappa shape index (κ3) is 1.97. The lowest BCUT2D eigenvalue weighted by atomic mass is 9.99. The van der Waals surface area contributed by atoms with Gasteiger partial charge in [-0.3, -0.25) is 9.78 Å². The van der Waals surface area contributed by atoms with Gasteiger partial charge in [-0.05, 0) is 30.3 Å². The van der Waals surface area contributed by atoms with Crippen molar-refractivity contribution in [3.8, 4) is 5.75 Å². The molecule has 0 spiro atoms. The number of halogens is 1. The number of carbonyl (C=O) groups is 1. The minimum atomic E-state index is -0.313. The maximum absolute atomic E-state index is 12.1. The second-order valence-electron chi connectivity index (χ2n) is 4.13. The average molecular weight is 260 g/mol. The van der Waals surface area contributed by atoms with Crippen LogP contribution >= 0.6 is 11.6 Å². The Morgan fingerprint density at radius 1 is 1.28 bits per heavy atom. The van der Waals surface area contributed by atoms with E-state index in [0.717, 1.165) is 5.69 Å². The van der Waals surface area contributed by atoms with Crippen molar-refractivity contribution < 1.29 is 9.53 Å². The molecule has 0 N–H and O–H groups in total. The highest BCUT2D eigenvalue weighted by molar-refractivity contribution is 6.31. The van der Waals surface area contributed by atoms with Crippen LogP contribution in [0.5, 0.6) is 5.75 Å². The van der Waals surface area contributed by atoms with Crippen molar-refractivity contribution in [3.05, 3.63) is 58.9 Å². The summed E-state index contributed by atoms with van der Waals surface area (Å²) in [6.45, 7) is 0. The summed E-state index contributed by atoms with van der Waals surface area (Å²) in [4.78, 5) is 16.3. The minimum absolute atomic E-state index is 0.0365. The van der Waals surface area contributed by atoms with E-state index in [1.807, 2.05) is 18.2 Å². The molecule has 1 atom stereocenters. The van der Waals surface area contributed by atoms with Gasteiger partial charge in [0.15, 0.2) is 5.78 Å². The molecule has 3 nitrogen and oxygen atoms in total. The number of nitrogens with zero attached hydrogens (tertiary/aromatic N) is 1. The topological polar surface area (TPSA) is 39.2 Å². The summed E-state index contributed by atoms with van der Waals surface area (Å²) in [5.74, 6) is 0.612. The van der Waals surface area contributed by atoms with Crippen molar-refractivity contribution in [2.75, 3.05) is 0 Å². The monoisotopic (exact) mass is 259 g/mol. The van der Waals surface area contributed by atoms with Crippen molar-refractivity contribution in [1.82, 2.24) is 4.98 Å². The van der Waals surface area contributed by atoms with Gasteiger partial charge in [-0.15, -0.1) is 0 Å². The molecule has 2 aromatic rings. The van der Waals surface area contributed by atoms with Crippen LogP contribution in [0, 0.1) is 0 Å². The first-order chi connectivity index (χ1) is 8.74. The molecule has 1 aromatic heterocycles. The molecule has 0 fully saturated rings. The average Bonchev–Trinajstić information content (AvgIpc) is 2.40. The summed E-state index contributed by atoms with van der Waals surface area (Å²) < 4.78 is 5.80. The summed E-state index contributed by atoms with van der Waals surface area (Å²) in [5, 5.41) is 0.544. The number of ether oxygens (including phenoxy) is 1. The van der Waals surface area contributed by atoms with Crippen LogP contribution in [-0.4, -0.2) is 10.8 Å². The van der Waals surface area contributed by atoms with Crippen LogP contribution < -0.4 is 4.74 Å². The van der Waals surface area contributed by atoms with E-state index in [1.54, 1.807) is 24.4 Å². The number of Topliss-reactive ketones (excluding diaryl/α,β-unsaturated/α-hetero) is 1. The number of pyridine rings is 1. The van der Waals surface area contributed by atoms with Gasteiger partial charge in [-0.25, -0.2) is 0 Å². The molecule has 0 amide bonds. The van der Waals surface area contributed by atoms with Crippen LogP contribution in [0.3, 0.4) is 0 Å². The highest BCUT2D eigenvalue weighted by Crippen LogP contribution is 2.35. The van der Waals surface area contributed by atoms with Crippen LogP contribution in [0.4, 0.5) is 0 Å². The van der Waals surface area contributed by atoms with E-state index in [9.17, 15) is 4.79 Å². The predicted octanol–water partition coefficient (Wildman–Crippen LogP) is 3.44. The molecule has 1 aromatic carbocycles. The maximum Gasteiger partial charge on any atom is 0.170 e. The smallest absolute Gasteiger partial charge is 0.170 e. The SMILES string of the molecule is O=C1C[C@H](c2ccccn2)Oc2ccc(Cl)cc21. The van der Waals surface area contributed by atoms with Gasteiger partial charge < -0.3 is 4.74 Å². The second-order valence-corrected chi connectivity index (χ2v) is 4.57. The molecule has 3 rings (SSSR count). The van der Waals surface area contributed by atoms with Crippen molar-refractivity contribution >= 4 is 17.4 Å². The van der Waals surface area contributed by atoms with Gasteiger partial charge in [0.1, 0.15) is 11.9 Å². The number of benzene rings is 1. The molecule has 4 heteroatoms. The summed E-state index contributed by atoms with van der Waals surface area (Å²) in [6, 6.07) is 10.7. The van der Waals surface area contributed by atoms with Crippen LogP contribution in [0.15, 0.2) is 42.6 Å². The Kier molecular flexibility index (Phi) is 2.76. The lowest BCUT2D eigenvalue weighted by molar-refractivity contribution is 0.0845. The number of ketones is 1. The molecule has 90 valence electrons. The predicted molar refractivity (Wildman–Crippen MR) is 68.0 cm³/mol. The third-order valence-electron chi connectivity index (χ3n) is 2.90. The molecule has 0 saturated carbocycles. The second kappa shape index (κ2) is 4.42. The van der Waals surface area contributed by atoms with E-state index < -0.39 is 0 Å². The first-order valence-electron chi connectivity index (χ1n) is 5.64. The fraction of sp³-hybridized carbons (Fsp3) is 0.143. The van der Waals surface area contributed by atoms with Gasteiger partial charge in [0, 0.05) is 11.2 Å². The lowest BCUT2D eigenvalue weighted by Gasteiger charge is -2.24. The Labute approximate surface area is 109 Å². The molecule has 0 saturated heterocycles. The molecular formula is C14H10ClNO2. The standard InChI is InChI=1S/C14H10ClNO2/c15-9-4-5-13-10(7-9)12(17)8-14(18-13)11-3-1-2-6-16-11/h1-7,14H,8H2/t14-/m1/s1. The molecule has 2 heterocycles. The van der Waals surface area contributed by atoms with E-state index in [0.29, 0.717) is 22.8 Å². The maximum atomic E-state index is 12.1. The zero-order valence-corrected chi connectivity index (χ0v) is 10.2. The van der Waals surface area contributed by atoms with Crippen molar-refractivity contribution in [2.45, 2.75) is 12.5 Å². The fourth-order valence-corrected chi connectivity index (χ4v) is 2.20. The van der Waals surface area contributed by atoms with Crippen LogP contribution in [0.25, 0.3) is 0 Å². The van der Waals surface area contributed by atoms with Gasteiger partial charge in [0.25, 0.3) is 0 Å². The Balaban J connectivity index is 1.97. The number of rotatable bonds is 1. The third-order valence-corrected chi connectivity index (χ3v) is 3.13. The number of aromatic nitrogens is 1. The molecule has 18 heavy (non-hydrogen) atoms. The number of hydrogen-bond donors (Lipinski definition) is 0. The fourth-order valence-electron chi connectivity index (χ4n) is 2.03. The van der Waals surface area contributed by atoms with E-state index in [2.05, 4.69) is 4.98 Å². The van der Waals surface area contributed by atoms with E-state index in [1.165, 1.54) is 0 Å². The molecular weight excluding hydrogens is 250 g/mol. The highest BCUT2D eigenvalue weighted by Gasteiger charge is 2.28. The largest absolute Gasteiger partial charge is 0.483 e. The zero-order chi connectivity index (χ0) is 12.5. The Morgan fingerprint density at radius 2 is 2.17 bits per heavy atom. The number of carbonyl (C=O) groups excluding carboxylic acids is 1. The zero-order valence-electron chi connectivity index (χ0n) is 9.47. The van der Waals surface area contributed by atoms with E-state index in [4.69, 9.17) is 16.3 Å². The molecule has 0 bridgehead atoms. The lowest BCUT2D eigenvalue weighted by Crippen LogP contribution is -2.21. The van der Waals surface area contributed by atoms with Crippen LogP contribution in [-0.2, 0) is 0 Å². The van der Waals surface area contributed by atoms with Gasteiger partial charge in [0.2, 0.25) is 0 Å². The van der Waals surface area contributed by atoms with Gasteiger partial charge >= 0.3 is 0 Å². The van der Waals surface area contributed by atoms with Crippen LogP contribution in [0.1, 0.15) is 28.6 Å². The van der Waals surface area contributed by atoms with Crippen LogP contribution in [0.2, 0.25) is 5.02 Å². The Hall–Kier alpha value is -1.87. The summed E-state index contributed by atoms with van der Waals surface area (Å²) in [6.07, 6.45) is 1.68. The summed E-state index contributed by atoms with van der Waals surface area (Å²) in [5.41, 5.74) is 1.32. The normalized spacial score (nSPS) is 18.1. The molecule has 1 aliphatic heterocycles. The molecule has 1 aliphatic rings. The first-order valence-corrected chi connectivity index (χ1v) is 6.02. The summed E-state index contributed by atoms with van der Waals surface area (Å²) in [7, 11) is 0. The van der Waals surface area contributed by atoms with Crippen molar-refractivity contribution in [1.29, 1.82) is 0 Å². The summed E-state index contributed by atoms with van der Waals surface area (Å²) >= 11 is 5.88. The first kappa shape index (κ1) is 11.2. The minimum Gasteiger partial charge on any atom is -0.483 e. The van der Waals surface area contributed by atoms with Gasteiger partial charge in [-0.2, -0.15) is 0 Å². The quantitative estimate of drug-likeness (QED) is 0.787. The van der Waals surface area contributed by atoms with Gasteiger partial charge in [0.05, 0.1) is 17.7 Å².